The van der Waals surface area contributed by atoms with Crippen molar-refractivity contribution in [3.05, 3.63) is 10.6 Å². The van der Waals surface area contributed by atoms with Gasteiger partial charge in [-0.25, -0.2) is 4.98 Å². The van der Waals surface area contributed by atoms with Crippen LogP contribution in [0.2, 0.25) is 0 Å². The predicted molar refractivity (Wildman–Crippen MR) is 49.1 cm³/mol. The Morgan fingerprint density at radius 3 is 3.08 bits per heavy atom. The maximum atomic E-state index is 5.62. The zero-order valence-electron chi connectivity index (χ0n) is 7.26. The second kappa shape index (κ2) is 2.44. The number of anilines is 1. The average molecular weight is 184 g/mol. The quantitative estimate of drug-likeness (QED) is 0.666. The monoisotopic (exact) mass is 184 g/mol. The topological polar surface area (TPSA) is 48.1 Å². The maximum absolute atomic E-state index is 5.62. The van der Waals surface area contributed by atoms with E-state index in [1.54, 1.807) is 0 Å². The molecule has 66 valence electrons. The molecule has 1 aromatic rings. The number of nitrogen functional groups attached to an aromatic ring is 1. The maximum Gasteiger partial charge on any atom is 0.180 e. The molecule has 0 fully saturated rings. The second-order valence-electron chi connectivity index (χ2n) is 3.65. The van der Waals surface area contributed by atoms with Gasteiger partial charge in [0.2, 0.25) is 0 Å². The van der Waals surface area contributed by atoms with Gasteiger partial charge in [0.25, 0.3) is 0 Å². The molecular formula is C8H12N2OS. The molecule has 0 saturated heterocycles. The molecule has 0 aromatic carbocycles. The van der Waals surface area contributed by atoms with Gasteiger partial charge in [-0.1, -0.05) is 11.3 Å². The highest BCUT2D eigenvalue weighted by Gasteiger charge is 2.28. The molecule has 1 aromatic heterocycles. The highest BCUT2D eigenvalue weighted by atomic mass is 32.1. The van der Waals surface area contributed by atoms with Crippen molar-refractivity contribution in [2.24, 2.45) is 0 Å². The lowest BCUT2D eigenvalue weighted by Gasteiger charge is -2.28. The number of thiazole rings is 1. The normalized spacial score (nSPS) is 20.5. The van der Waals surface area contributed by atoms with Gasteiger partial charge >= 0.3 is 0 Å². The number of hydrogen-bond acceptors (Lipinski definition) is 4. The highest BCUT2D eigenvalue weighted by Crippen LogP contribution is 2.31. The van der Waals surface area contributed by atoms with E-state index in [1.165, 1.54) is 16.2 Å². The lowest BCUT2D eigenvalue weighted by Crippen LogP contribution is -2.31. The number of rotatable bonds is 0. The minimum Gasteiger partial charge on any atom is -0.375 e. The molecule has 12 heavy (non-hydrogen) atoms. The van der Waals surface area contributed by atoms with Crippen LogP contribution in [0.15, 0.2) is 0 Å². The largest absolute Gasteiger partial charge is 0.375 e. The Labute approximate surface area is 75.6 Å². The Morgan fingerprint density at radius 2 is 2.33 bits per heavy atom. The Hall–Kier alpha value is -0.610. The van der Waals surface area contributed by atoms with Crippen molar-refractivity contribution >= 4 is 16.5 Å². The first-order valence-corrected chi connectivity index (χ1v) is 4.76. The Morgan fingerprint density at radius 1 is 1.58 bits per heavy atom. The molecule has 0 atom stereocenters. The first kappa shape index (κ1) is 8.01. The van der Waals surface area contributed by atoms with Gasteiger partial charge in [-0.3, -0.25) is 0 Å². The molecule has 0 spiro atoms. The van der Waals surface area contributed by atoms with Crippen LogP contribution >= 0.6 is 11.3 Å². The van der Waals surface area contributed by atoms with Crippen LogP contribution in [0.25, 0.3) is 0 Å². The fraction of sp³-hybridized carbons (Fsp3) is 0.625. The number of fused-ring (bicyclic) bond motifs is 1. The van der Waals surface area contributed by atoms with Crippen LogP contribution in [-0.4, -0.2) is 10.6 Å². The third-order valence-corrected chi connectivity index (χ3v) is 2.88. The van der Waals surface area contributed by atoms with E-state index in [4.69, 9.17) is 10.5 Å². The molecule has 0 unspecified atom stereocenters. The van der Waals surface area contributed by atoms with E-state index >= 15 is 0 Å². The Kier molecular flexibility index (Phi) is 1.63. The molecule has 2 N–H and O–H groups in total. The molecule has 0 amide bonds. The Balaban J connectivity index is 2.34. The average Bonchev–Trinajstić information content (AvgIpc) is 2.26. The first-order chi connectivity index (χ1) is 5.57. The molecule has 0 radical (unpaired) electrons. The minimum absolute atomic E-state index is 0.0759. The summed E-state index contributed by atoms with van der Waals surface area (Å²) in [5.74, 6) is 0. The zero-order valence-corrected chi connectivity index (χ0v) is 8.07. The predicted octanol–water partition coefficient (Wildman–Crippen LogP) is 1.58. The van der Waals surface area contributed by atoms with Crippen LogP contribution < -0.4 is 5.73 Å². The summed E-state index contributed by atoms with van der Waals surface area (Å²) >= 11 is 1.53. The lowest BCUT2D eigenvalue weighted by molar-refractivity contribution is -0.0393. The summed E-state index contributed by atoms with van der Waals surface area (Å²) in [5, 5.41) is 0.654. The molecule has 3 nitrogen and oxygen atoms in total. The molecule has 0 saturated carbocycles. The lowest BCUT2D eigenvalue weighted by atomic mass is 10.00. The van der Waals surface area contributed by atoms with Crippen molar-refractivity contribution < 1.29 is 4.74 Å². The van der Waals surface area contributed by atoms with Crippen molar-refractivity contribution in [1.29, 1.82) is 0 Å². The molecule has 0 aliphatic carbocycles. The van der Waals surface area contributed by atoms with Crippen LogP contribution in [0.4, 0.5) is 5.13 Å². The van der Waals surface area contributed by atoms with E-state index in [0.717, 1.165) is 12.1 Å². The van der Waals surface area contributed by atoms with Gasteiger partial charge in [0.05, 0.1) is 22.8 Å². The molecule has 1 aliphatic heterocycles. The van der Waals surface area contributed by atoms with Crippen molar-refractivity contribution in [2.75, 3.05) is 5.73 Å². The summed E-state index contributed by atoms with van der Waals surface area (Å²) in [6.07, 6.45) is 0.871. The third kappa shape index (κ3) is 1.32. The number of aromatic nitrogens is 1. The number of nitrogens with zero attached hydrogens (tertiary/aromatic N) is 1. The van der Waals surface area contributed by atoms with Gasteiger partial charge in [-0.05, 0) is 13.8 Å². The molecule has 2 rings (SSSR count). The van der Waals surface area contributed by atoms with Gasteiger partial charge < -0.3 is 10.5 Å². The van der Waals surface area contributed by atoms with Gasteiger partial charge in [0, 0.05) is 6.42 Å². The summed E-state index contributed by atoms with van der Waals surface area (Å²) in [5.41, 5.74) is 6.64. The summed E-state index contributed by atoms with van der Waals surface area (Å²) in [6, 6.07) is 0. The third-order valence-electron chi connectivity index (χ3n) is 1.98. The molecule has 4 heteroatoms. The fourth-order valence-corrected chi connectivity index (χ4v) is 2.13. The first-order valence-electron chi connectivity index (χ1n) is 3.95. The van der Waals surface area contributed by atoms with Gasteiger partial charge in [-0.2, -0.15) is 0 Å². The van der Waals surface area contributed by atoms with Crippen molar-refractivity contribution in [3.63, 3.8) is 0 Å². The number of hydrogen-bond donors (Lipinski definition) is 1. The molecule has 1 aliphatic rings. The summed E-state index contributed by atoms with van der Waals surface area (Å²) in [4.78, 5) is 5.45. The minimum atomic E-state index is -0.0759. The molecule has 0 bridgehead atoms. The SMILES string of the molecule is CC1(C)Cc2nc(N)sc2CO1. The summed E-state index contributed by atoms with van der Waals surface area (Å²) in [6.45, 7) is 4.81. The van der Waals surface area contributed by atoms with E-state index in [-0.39, 0.29) is 5.60 Å². The zero-order chi connectivity index (χ0) is 8.77. The smallest absolute Gasteiger partial charge is 0.180 e. The van der Waals surface area contributed by atoms with Crippen LogP contribution in [0.5, 0.6) is 0 Å². The van der Waals surface area contributed by atoms with Gasteiger partial charge in [-0.15, -0.1) is 0 Å². The van der Waals surface area contributed by atoms with Crippen LogP contribution in [-0.2, 0) is 17.8 Å². The molecular weight excluding hydrogens is 172 g/mol. The van der Waals surface area contributed by atoms with E-state index in [0.29, 0.717) is 11.7 Å². The van der Waals surface area contributed by atoms with Crippen molar-refractivity contribution in [3.8, 4) is 0 Å². The van der Waals surface area contributed by atoms with Crippen LogP contribution in [0, 0.1) is 0 Å². The van der Waals surface area contributed by atoms with E-state index in [9.17, 15) is 0 Å². The number of nitrogens with two attached hydrogens (primary N) is 1. The molecule has 2 heterocycles. The summed E-state index contributed by atoms with van der Waals surface area (Å²) in [7, 11) is 0. The van der Waals surface area contributed by atoms with Crippen LogP contribution in [0.3, 0.4) is 0 Å². The van der Waals surface area contributed by atoms with Crippen molar-refractivity contribution in [2.45, 2.75) is 32.5 Å². The van der Waals surface area contributed by atoms with E-state index in [1.807, 2.05) is 0 Å². The standard InChI is InChI=1S/C8H12N2OS/c1-8(2)3-5-6(4-11-8)12-7(9)10-5/h3-4H2,1-2H3,(H2,9,10). The highest BCUT2D eigenvalue weighted by molar-refractivity contribution is 7.15. The van der Waals surface area contributed by atoms with E-state index < -0.39 is 0 Å². The van der Waals surface area contributed by atoms with E-state index in [2.05, 4.69) is 18.8 Å². The van der Waals surface area contributed by atoms with Gasteiger partial charge in [0.1, 0.15) is 0 Å². The van der Waals surface area contributed by atoms with Gasteiger partial charge in [0.15, 0.2) is 5.13 Å². The second-order valence-corrected chi connectivity index (χ2v) is 4.76. The Bertz CT molecular complexity index is 306. The number of ether oxygens (including phenoxy) is 1. The van der Waals surface area contributed by atoms with Crippen molar-refractivity contribution in [1.82, 2.24) is 4.98 Å². The summed E-state index contributed by atoms with van der Waals surface area (Å²) < 4.78 is 5.62. The fourth-order valence-electron chi connectivity index (χ4n) is 1.37. The van der Waals surface area contributed by atoms with Crippen LogP contribution in [0.1, 0.15) is 24.4 Å².